The molecule has 0 aliphatic carbocycles. The van der Waals surface area contributed by atoms with E-state index in [0.717, 1.165) is 29.6 Å². The molecular weight excluding hydrogens is 312 g/mol. The average molecular weight is 331 g/mol. The number of fused-ring (bicyclic) bond motifs is 1. The number of pyridine rings is 1. The first-order valence-corrected chi connectivity index (χ1v) is 7.86. The highest BCUT2D eigenvalue weighted by atomic mass is 35.5. The normalized spacial score (nSPS) is 11.5. The molecule has 0 N–H and O–H groups in total. The van der Waals surface area contributed by atoms with Gasteiger partial charge in [0.05, 0.1) is 12.1 Å². The van der Waals surface area contributed by atoms with Crippen LogP contribution in [-0.2, 0) is 20.1 Å². The number of aryl methyl sites for hydroxylation is 1. The van der Waals surface area contributed by atoms with Gasteiger partial charge in [-0.2, -0.15) is 5.10 Å². The number of hydrogen-bond acceptors (Lipinski definition) is 3. The van der Waals surface area contributed by atoms with Gasteiger partial charge >= 0.3 is 0 Å². The molecule has 120 valence electrons. The summed E-state index contributed by atoms with van der Waals surface area (Å²) in [4.78, 5) is 14.7. The van der Waals surface area contributed by atoms with Gasteiger partial charge in [-0.05, 0) is 36.7 Å². The van der Waals surface area contributed by atoms with Crippen molar-refractivity contribution in [2.75, 3.05) is 13.6 Å². The van der Waals surface area contributed by atoms with Crippen molar-refractivity contribution in [1.29, 1.82) is 0 Å². The Hall–Kier alpha value is -2.11. The van der Waals surface area contributed by atoms with Crippen LogP contribution in [0.5, 0.6) is 0 Å². The molecule has 5 nitrogen and oxygen atoms in total. The minimum absolute atomic E-state index is 0.0192. The maximum Gasteiger partial charge on any atom is 0.255 e. The molecule has 6 heteroatoms. The number of aromatic nitrogens is 3. The lowest BCUT2D eigenvalue weighted by Gasteiger charge is -2.17. The summed E-state index contributed by atoms with van der Waals surface area (Å²) < 4.78 is 3.55. The number of nitrogens with zero attached hydrogens (tertiary/aromatic N) is 4. The molecule has 0 aliphatic heterocycles. The predicted octanol–water partition coefficient (Wildman–Crippen LogP) is 2.52. The summed E-state index contributed by atoms with van der Waals surface area (Å²) in [7, 11) is 3.79. The highest BCUT2D eigenvalue weighted by Crippen LogP contribution is 2.18. The van der Waals surface area contributed by atoms with Crippen LogP contribution < -0.4 is 5.56 Å². The molecule has 0 fully saturated rings. The van der Waals surface area contributed by atoms with E-state index in [2.05, 4.69) is 10.00 Å². The molecule has 0 bridgehead atoms. The van der Waals surface area contributed by atoms with Crippen molar-refractivity contribution in [1.82, 2.24) is 19.2 Å². The van der Waals surface area contributed by atoms with Crippen LogP contribution in [0, 0.1) is 0 Å². The molecule has 3 aromatic rings. The molecule has 0 saturated carbocycles. The molecule has 0 radical (unpaired) electrons. The third-order valence-electron chi connectivity index (χ3n) is 3.97. The van der Waals surface area contributed by atoms with Gasteiger partial charge in [0.25, 0.3) is 5.56 Å². The van der Waals surface area contributed by atoms with Crippen LogP contribution in [0.15, 0.2) is 47.5 Å². The molecule has 0 atom stereocenters. The van der Waals surface area contributed by atoms with Crippen LogP contribution in [0.2, 0.25) is 5.02 Å². The van der Waals surface area contributed by atoms with Gasteiger partial charge in [0.2, 0.25) is 0 Å². The first-order valence-electron chi connectivity index (χ1n) is 7.49. The second-order valence-electron chi connectivity index (χ2n) is 5.74. The fraction of sp³-hybridized carbons (Fsp3) is 0.294. The molecule has 1 aromatic carbocycles. The Morgan fingerprint density at radius 3 is 2.87 bits per heavy atom. The van der Waals surface area contributed by atoms with Gasteiger partial charge in [-0.15, -0.1) is 0 Å². The zero-order chi connectivity index (χ0) is 16.4. The van der Waals surface area contributed by atoms with E-state index in [1.807, 2.05) is 48.3 Å². The molecule has 0 aliphatic rings. The van der Waals surface area contributed by atoms with E-state index in [-0.39, 0.29) is 5.56 Å². The van der Waals surface area contributed by atoms with Crippen LogP contribution in [0.4, 0.5) is 0 Å². The van der Waals surface area contributed by atoms with E-state index in [0.29, 0.717) is 11.6 Å². The van der Waals surface area contributed by atoms with Crippen molar-refractivity contribution in [3.63, 3.8) is 0 Å². The largest absolute Gasteiger partial charge is 0.311 e. The van der Waals surface area contributed by atoms with Gasteiger partial charge < -0.3 is 9.47 Å². The minimum atomic E-state index is 0.0192. The molecule has 0 amide bonds. The zero-order valence-electron chi connectivity index (χ0n) is 13.2. The van der Waals surface area contributed by atoms with Gasteiger partial charge in [-0.25, -0.2) is 0 Å². The Balaban J connectivity index is 1.81. The molecule has 0 saturated heterocycles. The van der Waals surface area contributed by atoms with E-state index < -0.39 is 0 Å². The topological polar surface area (TPSA) is 43.1 Å². The van der Waals surface area contributed by atoms with Gasteiger partial charge in [0.15, 0.2) is 0 Å². The number of hydrogen-bond donors (Lipinski definition) is 0. The summed E-state index contributed by atoms with van der Waals surface area (Å²) >= 11 is 6.03. The number of halogens is 1. The van der Waals surface area contributed by atoms with E-state index in [9.17, 15) is 4.79 Å². The number of benzene rings is 1. The Labute approximate surface area is 139 Å². The SMILES string of the molecule is CN(CCn1cccn1)Cc1cc2ccc(Cl)cc2n(C)c1=O. The first kappa shape index (κ1) is 15.8. The van der Waals surface area contributed by atoms with Crippen LogP contribution in [0.25, 0.3) is 10.9 Å². The lowest BCUT2D eigenvalue weighted by atomic mass is 10.1. The van der Waals surface area contributed by atoms with Crippen molar-refractivity contribution in [3.8, 4) is 0 Å². The lowest BCUT2D eigenvalue weighted by Crippen LogP contribution is -2.29. The third-order valence-corrected chi connectivity index (χ3v) is 4.21. The maximum absolute atomic E-state index is 12.5. The Bertz CT molecular complexity index is 870. The molecule has 2 heterocycles. The van der Waals surface area contributed by atoms with E-state index in [4.69, 9.17) is 11.6 Å². The predicted molar refractivity (Wildman–Crippen MR) is 92.8 cm³/mol. The average Bonchev–Trinajstić information content (AvgIpc) is 3.04. The van der Waals surface area contributed by atoms with E-state index >= 15 is 0 Å². The summed E-state index contributed by atoms with van der Waals surface area (Å²) in [5, 5.41) is 5.84. The Morgan fingerprint density at radius 1 is 1.30 bits per heavy atom. The van der Waals surface area contributed by atoms with Crippen LogP contribution >= 0.6 is 11.6 Å². The summed E-state index contributed by atoms with van der Waals surface area (Å²) in [6, 6.07) is 9.48. The minimum Gasteiger partial charge on any atom is -0.311 e. The molecule has 0 unspecified atom stereocenters. The van der Waals surface area contributed by atoms with Gasteiger partial charge in [0, 0.05) is 43.1 Å². The van der Waals surface area contributed by atoms with Crippen molar-refractivity contribution in [3.05, 3.63) is 63.7 Å². The van der Waals surface area contributed by atoms with Crippen molar-refractivity contribution in [2.24, 2.45) is 7.05 Å². The fourth-order valence-corrected chi connectivity index (χ4v) is 2.86. The summed E-state index contributed by atoms with van der Waals surface area (Å²) in [5.41, 5.74) is 1.65. The monoisotopic (exact) mass is 330 g/mol. The smallest absolute Gasteiger partial charge is 0.255 e. The van der Waals surface area contributed by atoms with Crippen molar-refractivity contribution < 1.29 is 0 Å². The van der Waals surface area contributed by atoms with Gasteiger partial charge in [0.1, 0.15) is 0 Å². The standard InChI is InChI=1S/C17H19ClN4O/c1-20(8-9-22-7-3-6-19-22)12-14-10-13-4-5-15(18)11-16(13)21(2)17(14)23/h3-7,10-11H,8-9,12H2,1-2H3. The van der Waals surface area contributed by atoms with Crippen LogP contribution in [0.1, 0.15) is 5.56 Å². The molecule has 23 heavy (non-hydrogen) atoms. The zero-order valence-corrected chi connectivity index (χ0v) is 14.0. The molecule has 3 rings (SSSR count). The second kappa shape index (κ2) is 6.56. The molecule has 2 aromatic heterocycles. The van der Waals surface area contributed by atoms with Gasteiger partial charge in [-0.1, -0.05) is 17.7 Å². The maximum atomic E-state index is 12.5. The lowest BCUT2D eigenvalue weighted by molar-refractivity contribution is 0.304. The second-order valence-corrected chi connectivity index (χ2v) is 6.18. The third kappa shape index (κ3) is 3.46. The van der Waals surface area contributed by atoms with Crippen LogP contribution in [-0.4, -0.2) is 32.8 Å². The molecule has 0 spiro atoms. The van der Waals surface area contributed by atoms with Gasteiger partial charge in [-0.3, -0.25) is 9.48 Å². The molecular formula is C17H19ClN4O. The number of likely N-dealkylation sites (N-methyl/N-ethyl adjacent to an activating group) is 1. The van der Waals surface area contributed by atoms with E-state index in [1.54, 1.807) is 17.8 Å². The first-order chi connectivity index (χ1) is 11.0. The quantitative estimate of drug-likeness (QED) is 0.722. The summed E-state index contributed by atoms with van der Waals surface area (Å²) in [6.45, 7) is 2.23. The Kier molecular flexibility index (Phi) is 4.50. The number of rotatable bonds is 5. The Morgan fingerprint density at radius 2 is 2.13 bits per heavy atom. The van der Waals surface area contributed by atoms with E-state index in [1.165, 1.54) is 0 Å². The summed E-state index contributed by atoms with van der Waals surface area (Å²) in [6.07, 6.45) is 3.71. The highest BCUT2D eigenvalue weighted by molar-refractivity contribution is 6.31. The van der Waals surface area contributed by atoms with Crippen LogP contribution in [0.3, 0.4) is 0 Å². The highest BCUT2D eigenvalue weighted by Gasteiger charge is 2.10. The summed E-state index contributed by atoms with van der Waals surface area (Å²) in [5.74, 6) is 0. The fourth-order valence-electron chi connectivity index (χ4n) is 2.69. The van der Waals surface area contributed by atoms with Crippen molar-refractivity contribution >= 4 is 22.5 Å². The van der Waals surface area contributed by atoms with Crippen molar-refractivity contribution in [2.45, 2.75) is 13.1 Å².